The van der Waals surface area contributed by atoms with Gasteiger partial charge >= 0.3 is 0 Å². The molecule has 7 rings (SSSR count). The van der Waals surface area contributed by atoms with E-state index < -0.39 is 18.3 Å². The normalized spacial score (nSPS) is 46.1. The van der Waals surface area contributed by atoms with E-state index >= 15 is 0 Å². The molecule has 7 fully saturated rings. The Balaban J connectivity index is 1.13. The second kappa shape index (κ2) is 9.75. The first kappa shape index (κ1) is 25.5. The van der Waals surface area contributed by atoms with Gasteiger partial charge in [-0.15, -0.1) is 0 Å². The van der Waals surface area contributed by atoms with Gasteiger partial charge in [0, 0.05) is 11.3 Å². The average molecular weight is 501 g/mol. The van der Waals surface area contributed by atoms with Gasteiger partial charge in [0.15, 0.2) is 0 Å². The molecule has 37 heavy (non-hydrogen) atoms. The van der Waals surface area contributed by atoms with Crippen molar-refractivity contribution >= 4 is 0 Å². The van der Waals surface area contributed by atoms with Crippen LogP contribution in [0, 0.1) is 64.1 Å². The molecule has 0 radical (unpaired) electrons. The summed E-state index contributed by atoms with van der Waals surface area (Å²) in [6.45, 7) is 6.24. The summed E-state index contributed by atoms with van der Waals surface area (Å²) in [6, 6.07) is 0. The molecule has 2 unspecified atom stereocenters. The molecule has 0 amide bonds. The molecule has 7 aliphatic carbocycles. The molecule has 0 saturated heterocycles. The summed E-state index contributed by atoms with van der Waals surface area (Å²) in [5.41, 5.74) is 3.37. The van der Waals surface area contributed by atoms with E-state index in [4.69, 9.17) is 0 Å². The van der Waals surface area contributed by atoms with E-state index in [1.54, 1.807) is 0 Å². The molecule has 3 heteroatoms. The Morgan fingerprint density at radius 1 is 0.946 bits per heavy atom. The minimum atomic E-state index is -0.640. The van der Waals surface area contributed by atoms with Crippen molar-refractivity contribution in [2.24, 2.45) is 40.4 Å². The van der Waals surface area contributed by atoms with Crippen LogP contribution < -0.4 is 0 Å². The molecule has 0 aromatic rings. The van der Waals surface area contributed by atoms with Crippen LogP contribution >= 0.6 is 0 Å². The van der Waals surface area contributed by atoms with E-state index in [1.165, 1.54) is 56.9 Å². The Labute approximate surface area is 223 Å². The number of rotatable bonds is 2. The topological polar surface area (TPSA) is 60.7 Å². The lowest BCUT2D eigenvalue weighted by atomic mass is 9.48. The minimum absolute atomic E-state index is 0.0447. The standard InChI is InChI=1S/C34H44O3/c1-22-30(35)17-23(18-31(22)36)9-10-27-6-5-13-33(2)28(11-12-29(27)33)7-3-4-8-32(37)34-19-24-14-25(20-34)16-26(15-24)21-34/h9-10,24-26,28-32,35-37H,1,5-6,11-21H2,2H3/t24?,25?,26?,28-,29?,30+,31+,32?,33+,34?/m0/s1. The van der Waals surface area contributed by atoms with E-state index in [1.807, 2.05) is 0 Å². The summed E-state index contributed by atoms with van der Waals surface area (Å²) in [4.78, 5) is 0. The van der Waals surface area contributed by atoms with Crippen molar-refractivity contribution < 1.29 is 15.3 Å². The van der Waals surface area contributed by atoms with E-state index in [0.29, 0.717) is 30.3 Å². The Morgan fingerprint density at radius 2 is 1.59 bits per heavy atom. The fourth-order valence-corrected chi connectivity index (χ4v) is 9.80. The van der Waals surface area contributed by atoms with Crippen molar-refractivity contribution in [3.63, 3.8) is 0 Å². The van der Waals surface area contributed by atoms with Crippen molar-refractivity contribution in [1.29, 1.82) is 0 Å². The SMILES string of the molecule is C=C1[C@H](O)CC(=CC=C2CCC[C@@]3(C)C2CC[C@@H]3C#CC#CC(O)C23CC4CC(CC(C4)C2)C3)C[C@H]1O. The number of aliphatic hydroxyl groups excluding tert-OH is 3. The van der Waals surface area contributed by atoms with E-state index in [-0.39, 0.29) is 10.8 Å². The Bertz CT molecular complexity index is 1070. The third-order valence-corrected chi connectivity index (χ3v) is 11.4. The Kier molecular flexibility index (Phi) is 6.72. The maximum atomic E-state index is 11.1. The average Bonchev–Trinajstić information content (AvgIpc) is 3.19. The quantitative estimate of drug-likeness (QED) is 0.336. The first-order valence-corrected chi connectivity index (χ1v) is 14.9. The van der Waals surface area contributed by atoms with Gasteiger partial charge in [0.1, 0.15) is 6.10 Å². The minimum Gasteiger partial charge on any atom is -0.388 e. The molecular formula is C34H44O3. The fourth-order valence-electron chi connectivity index (χ4n) is 9.80. The summed E-state index contributed by atoms with van der Waals surface area (Å²) in [5.74, 6) is 16.4. The van der Waals surface area contributed by atoms with Gasteiger partial charge in [-0.25, -0.2) is 0 Å². The van der Waals surface area contributed by atoms with Crippen LogP contribution in [0.25, 0.3) is 0 Å². The molecule has 0 aromatic heterocycles. The molecule has 7 aliphatic rings. The molecule has 4 bridgehead atoms. The number of hydrogen-bond donors (Lipinski definition) is 3. The van der Waals surface area contributed by atoms with Crippen molar-refractivity contribution in [2.45, 2.75) is 109 Å². The zero-order valence-corrected chi connectivity index (χ0v) is 22.5. The van der Waals surface area contributed by atoms with Crippen LogP contribution in [0.4, 0.5) is 0 Å². The molecular weight excluding hydrogens is 456 g/mol. The lowest BCUT2D eigenvalue weighted by molar-refractivity contribution is -0.101. The number of fused-ring (bicyclic) bond motifs is 1. The highest BCUT2D eigenvalue weighted by molar-refractivity contribution is 5.34. The van der Waals surface area contributed by atoms with Gasteiger partial charge in [-0.2, -0.15) is 0 Å². The molecule has 0 aromatic carbocycles. The van der Waals surface area contributed by atoms with Gasteiger partial charge < -0.3 is 15.3 Å². The summed E-state index contributed by atoms with van der Waals surface area (Å²) in [7, 11) is 0. The van der Waals surface area contributed by atoms with Gasteiger partial charge in [0.25, 0.3) is 0 Å². The van der Waals surface area contributed by atoms with Gasteiger partial charge in [-0.3, -0.25) is 0 Å². The summed E-state index contributed by atoms with van der Waals surface area (Å²) < 4.78 is 0. The smallest absolute Gasteiger partial charge is 0.121 e. The molecule has 0 aliphatic heterocycles. The van der Waals surface area contributed by atoms with Gasteiger partial charge in [-0.05, 0) is 130 Å². The van der Waals surface area contributed by atoms with Gasteiger partial charge in [0.2, 0.25) is 0 Å². The second-order valence-corrected chi connectivity index (χ2v) is 13.8. The zero-order valence-electron chi connectivity index (χ0n) is 22.5. The highest BCUT2D eigenvalue weighted by Crippen LogP contribution is 2.61. The van der Waals surface area contributed by atoms with Crippen molar-refractivity contribution in [3.05, 3.63) is 35.5 Å². The summed E-state index contributed by atoms with van der Waals surface area (Å²) >= 11 is 0. The maximum absolute atomic E-state index is 11.1. The molecule has 3 N–H and O–H groups in total. The Morgan fingerprint density at radius 3 is 2.24 bits per heavy atom. The van der Waals surface area contributed by atoms with Gasteiger partial charge in [-0.1, -0.05) is 48.6 Å². The largest absolute Gasteiger partial charge is 0.388 e. The van der Waals surface area contributed by atoms with Crippen LogP contribution in [0.5, 0.6) is 0 Å². The molecule has 7 saturated carbocycles. The van der Waals surface area contributed by atoms with Crippen LogP contribution in [-0.4, -0.2) is 33.6 Å². The highest BCUT2D eigenvalue weighted by atomic mass is 16.3. The molecule has 3 nitrogen and oxygen atoms in total. The molecule has 6 atom stereocenters. The molecule has 0 spiro atoms. The van der Waals surface area contributed by atoms with Crippen LogP contribution in [0.3, 0.4) is 0 Å². The predicted octanol–water partition coefficient (Wildman–Crippen LogP) is 5.71. The van der Waals surface area contributed by atoms with E-state index in [9.17, 15) is 15.3 Å². The summed E-state index contributed by atoms with van der Waals surface area (Å²) in [6.07, 6.45) is 17.2. The maximum Gasteiger partial charge on any atom is 0.121 e. The summed E-state index contributed by atoms with van der Waals surface area (Å²) in [5, 5.41) is 31.5. The zero-order chi connectivity index (χ0) is 25.8. The van der Waals surface area contributed by atoms with Crippen LogP contribution in [-0.2, 0) is 0 Å². The van der Waals surface area contributed by atoms with Crippen LogP contribution in [0.2, 0.25) is 0 Å². The lowest BCUT2D eigenvalue weighted by Crippen LogP contribution is -2.51. The third-order valence-electron chi connectivity index (χ3n) is 11.4. The van der Waals surface area contributed by atoms with Crippen LogP contribution in [0.15, 0.2) is 35.5 Å². The number of aliphatic hydroxyl groups is 3. The fraction of sp³-hybridized carbons (Fsp3) is 0.706. The first-order valence-electron chi connectivity index (χ1n) is 14.9. The highest BCUT2D eigenvalue weighted by Gasteiger charge is 2.54. The Hall–Kier alpha value is -1.78. The third kappa shape index (κ3) is 4.67. The van der Waals surface area contributed by atoms with Crippen molar-refractivity contribution in [1.82, 2.24) is 0 Å². The van der Waals surface area contributed by atoms with E-state index in [2.05, 4.69) is 49.3 Å². The monoisotopic (exact) mass is 500 g/mol. The second-order valence-electron chi connectivity index (χ2n) is 13.8. The van der Waals surface area contributed by atoms with Gasteiger partial charge in [0.05, 0.1) is 12.2 Å². The lowest BCUT2D eigenvalue weighted by Gasteiger charge is -2.57. The molecule has 198 valence electrons. The van der Waals surface area contributed by atoms with E-state index in [0.717, 1.165) is 42.6 Å². The predicted molar refractivity (Wildman–Crippen MR) is 147 cm³/mol. The molecule has 0 heterocycles. The van der Waals surface area contributed by atoms with Crippen molar-refractivity contribution in [3.8, 4) is 23.7 Å². The van der Waals surface area contributed by atoms with Crippen molar-refractivity contribution in [2.75, 3.05) is 0 Å². The number of hydrogen-bond acceptors (Lipinski definition) is 3. The number of allylic oxidation sites excluding steroid dienone is 3. The van der Waals surface area contributed by atoms with Crippen LogP contribution in [0.1, 0.15) is 90.4 Å². The first-order chi connectivity index (χ1) is 17.8.